The zero-order valence-electron chi connectivity index (χ0n) is 19.5. The third-order valence-corrected chi connectivity index (χ3v) is 7.88. The van der Waals surface area contributed by atoms with Crippen LogP contribution in [0.25, 0.3) is 5.69 Å². The second-order valence-corrected chi connectivity index (χ2v) is 10.4. The fourth-order valence-corrected chi connectivity index (χ4v) is 5.77. The summed E-state index contributed by atoms with van der Waals surface area (Å²) >= 11 is 0. The van der Waals surface area contributed by atoms with E-state index in [2.05, 4.69) is 10.4 Å². The van der Waals surface area contributed by atoms with Crippen molar-refractivity contribution in [1.82, 2.24) is 19.0 Å². The Kier molecular flexibility index (Phi) is 6.83. The van der Waals surface area contributed by atoms with Crippen molar-refractivity contribution in [2.75, 3.05) is 38.0 Å². The number of halogens is 1. The molecule has 2 heterocycles. The van der Waals surface area contributed by atoms with Crippen molar-refractivity contribution in [3.8, 4) is 5.69 Å². The Morgan fingerprint density at radius 1 is 1.03 bits per heavy atom. The predicted molar refractivity (Wildman–Crippen MR) is 128 cm³/mol. The van der Waals surface area contributed by atoms with Crippen LogP contribution in [0.5, 0.6) is 0 Å². The Bertz CT molecular complexity index is 1310. The second kappa shape index (κ2) is 9.65. The van der Waals surface area contributed by atoms with Crippen molar-refractivity contribution < 1.29 is 17.6 Å². The third kappa shape index (κ3) is 5.03. The molecule has 3 aromatic rings. The van der Waals surface area contributed by atoms with Gasteiger partial charge in [-0.2, -0.15) is 9.40 Å². The van der Waals surface area contributed by atoms with E-state index in [4.69, 9.17) is 0 Å². The monoisotopic (exact) mass is 485 g/mol. The molecule has 0 aliphatic carbocycles. The number of nitrogens with zero attached hydrogens (tertiary/aromatic N) is 4. The Hall–Kier alpha value is -3.08. The van der Waals surface area contributed by atoms with Crippen molar-refractivity contribution >= 4 is 21.7 Å². The lowest BCUT2D eigenvalue weighted by molar-refractivity contribution is -0.117. The van der Waals surface area contributed by atoms with Crippen LogP contribution in [0.15, 0.2) is 53.4 Å². The largest absolute Gasteiger partial charge is 0.309 e. The van der Waals surface area contributed by atoms with Crippen LogP contribution >= 0.6 is 0 Å². The van der Waals surface area contributed by atoms with E-state index in [9.17, 15) is 17.6 Å². The number of amides is 1. The molecule has 1 aliphatic heterocycles. The number of carbonyl (C=O) groups excluding carboxylic acids is 1. The van der Waals surface area contributed by atoms with Gasteiger partial charge >= 0.3 is 0 Å². The number of aryl methyl sites for hydroxylation is 3. The highest BCUT2D eigenvalue weighted by molar-refractivity contribution is 7.89. The van der Waals surface area contributed by atoms with Gasteiger partial charge in [-0.3, -0.25) is 9.69 Å². The average Bonchev–Trinajstić information content (AvgIpc) is 3.15. The lowest BCUT2D eigenvalue weighted by atomic mass is 10.2. The fourth-order valence-electron chi connectivity index (χ4n) is 4.03. The summed E-state index contributed by atoms with van der Waals surface area (Å²) < 4.78 is 43.3. The van der Waals surface area contributed by atoms with E-state index < -0.39 is 15.8 Å². The number of aromatic nitrogens is 2. The van der Waals surface area contributed by atoms with Crippen LogP contribution in [-0.2, 0) is 14.8 Å². The molecule has 0 radical (unpaired) electrons. The molecular weight excluding hydrogens is 457 g/mol. The van der Waals surface area contributed by atoms with Crippen molar-refractivity contribution in [3.63, 3.8) is 0 Å². The van der Waals surface area contributed by atoms with Gasteiger partial charge in [0.05, 0.1) is 17.1 Å². The molecule has 1 amide bonds. The highest BCUT2D eigenvalue weighted by Crippen LogP contribution is 2.23. The maximum absolute atomic E-state index is 14.2. The van der Waals surface area contributed by atoms with Gasteiger partial charge in [0.2, 0.25) is 15.9 Å². The van der Waals surface area contributed by atoms with Crippen LogP contribution in [0.3, 0.4) is 0 Å². The minimum Gasteiger partial charge on any atom is -0.309 e. The van der Waals surface area contributed by atoms with Crippen molar-refractivity contribution in [2.45, 2.75) is 25.7 Å². The first-order valence-electron chi connectivity index (χ1n) is 11.1. The maximum atomic E-state index is 14.2. The van der Waals surface area contributed by atoms with Crippen LogP contribution in [0.1, 0.15) is 16.8 Å². The van der Waals surface area contributed by atoms with Gasteiger partial charge in [-0.1, -0.05) is 24.3 Å². The number of piperazine rings is 1. The zero-order chi connectivity index (χ0) is 24.5. The molecule has 10 heteroatoms. The second-order valence-electron chi connectivity index (χ2n) is 8.53. The van der Waals surface area contributed by atoms with Gasteiger partial charge < -0.3 is 5.32 Å². The van der Waals surface area contributed by atoms with Gasteiger partial charge in [-0.25, -0.2) is 17.5 Å². The third-order valence-electron chi connectivity index (χ3n) is 5.84. The average molecular weight is 486 g/mol. The molecule has 4 rings (SSSR count). The van der Waals surface area contributed by atoms with Crippen LogP contribution in [0.4, 0.5) is 10.2 Å². The molecule has 8 nitrogen and oxygen atoms in total. The van der Waals surface area contributed by atoms with Gasteiger partial charge in [0.1, 0.15) is 17.3 Å². The molecule has 34 heavy (non-hydrogen) atoms. The smallest absolute Gasteiger partial charge is 0.243 e. The number of nitrogens with one attached hydrogen (secondary N) is 1. The Morgan fingerprint density at radius 2 is 1.74 bits per heavy atom. The van der Waals surface area contributed by atoms with Crippen molar-refractivity contribution in [1.29, 1.82) is 0 Å². The minimum absolute atomic E-state index is 0.0961. The molecule has 0 saturated carbocycles. The van der Waals surface area contributed by atoms with Gasteiger partial charge in [-0.05, 0) is 50.1 Å². The lowest BCUT2D eigenvalue weighted by Gasteiger charge is -2.33. The van der Waals surface area contributed by atoms with E-state index in [1.165, 1.54) is 15.1 Å². The van der Waals surface area contributed by atoms with E-state index in [-0.39, 0.29) is 18.1 Å². The Labute approximate surface area is 199 Å². The van der Waals surface area contributed by atoms with E-state index >= 15 is 0 Å². The SMILES string of the molecule is Cc1ccc(C)c(S(=O)(=O)N2CCN(CC(=O)Nc3cc(C)nn3-c3ccccc3F)CC2)c1. The summed E-state index contributed by atoms with van der Waals surface area (Å²) in [7, 11) is -3.59. The highest BCUT2D eigenvalue weighted by Gasteiger charge is 2.30. The van der Waals surface area contributed by atoms with Gasteiger partial charge in [0.25, 0.3) is 0 Å². The van der Waals surface area contributed by atoms with Crippen LogP contribution in [0, 0.1) is 26.6 Å². The van der Waals surface area contributed by atoms with E-state index in [1.807, 2.05) is 24.0 Å². The quantitative estimate of drug-likeness (QED) is 0.580. The first-order chi connectivity index (χ1) is 16.1. The fraction of sp³-hybridized carbons (Fsp3) is 0.333. The summed E-state index contributed by atoms with van der Waals surface area (Å²) in [5.41, 5.74) is 2.50. The number of anilines is 1. The minimum atomic E-state index is -3.59. The predicted octanol–water partition coefficient (Wildman–Crippen LogP) is 2.88. The van der Waals surface area contributed by atoms with E-state index in [0.717, 1.165) is 5.56 Å². The first kappa shape index (κ1) is 24.1. The lowest BCUT2D eigenvalue weighted by Crippen LogP contribution is -2.50. The molecule has 0 bridgehead atoms. The summed E-state index contributed by atoms with van der Waals surface area (Å²) in [5, 5.41) is 7.10. The molecular formula is C24H28FN5O3S. The van der Waals surface area contributed by atoms with Gasteiger partial charge in [0, 0.05) is 32.2 Å². The van der Waals surface area contributed by atoms with E-state index in [0.29, 0.717) is 48.1 Å². The van der Waals surface area contributed by atoms with Gasteiger partial charge in [-0.15, -0.1) is 0 Å². The van der Waals surface area contributed by atoms with Crippen molar-refractivity contribution in [3.05, 3.63) is 71.2 Å². The molecule has 0 unspecified atom stereocenters. The summed E-state index contributed by atoms with van der Waals surface area (Å²) in [6.45, 7) is 6.99. The zero-order valence-corrected chi connectivity index (χ0v) is 20.3. The molecule has 0 atom stereocenters. The van der Waals surface area contributed by atoms with E-state index in [1.54, 1.807) is 44.2 Å². The van der Waals surface area contributed by atoms with Crippen molar-refractivity contribution in [2.24, 2.45) is 0 Å². The molecule has 1 fully saturated rings. The summed E-state index contributed by atoms with van der Waals surface area (Å²) in [6.07, 6.45) is 0. The number of hydrogen-bond donors (Lipinski definition) is 1. The van der Waals surface area contributed by atoms with Crippen LogP contribution in [0.2, 0.25) is 0 Å². The summed E-state index contributed by atoms with van der Waals surface area (Å²) in [6, 6.07) is 13.3. The summed E-state index contributed by atoms with van der Waals surface area (Å²) in [5.74, 6) is -0.339. The van der Waals surface area contributed by atoms with Crippen LogP contribution in [-0.4, -0.2) is 66.0 Å². The number of hydrogen-bond acceptors (Lipinski definition) is 5. The number of sulfonamides is 1. The maximum Gasteiger partial charge on any atom is 0.243 e. The molecule has 1 aromatic heterocycles. The normalized spacial score (nSPS) is 15.4. The molecule has 1 N–H and O–H groups in total. The number of para-hydroxylation sites is 1. The molecule has 180 valence electrons. The van der Waals surface area contributed by atoms with Gasteiger partial charge in [0.15, 0.2) is 0 Å². The molecule has 2 aromatic carbocycles. The first-order valence-corrected chi connectivity index (χ1v) is 12.5. The summed E-state index contributed by atoms with van der Waals surface area (Å²) in [4.78, 5) is 15.0. The molecule has 1 saturated heterocycles. The topological polar surface area (TPSA) is 87.5 Å². The number of benzene rings is 2. The Morgan fingerprint density at radius 3 is 2.44 bits per heavy atom. The Balaban J connectivity index is 1.39. The highest BCUT2D eigenvalue weighted by atomic mass is 32.2. The molecule has 1 aliphatic rings. The van der Waals surface area contributed by atoms with Crippen LogP contribution < -0.4 is 5.32 Å². The standard InChI is InChI=1S/C24H28FN5O3S/c1-17-8-9-18(2)22(14-17)34(32,33)29-12-10-28(11-13-29)16-24(31)26-23-15-19(3)27-30(23)21-7-5-4-6-20(21)25/h4-9,14-15H,10-13,16H2,1-3H3,(H,26,31). The number of rotatable bonds is 6. The number of carbonyl (C=O) groups is 1. The molecule has 0 spiro atoms.